The van der Waals surface area contributed by atoms with Crippen molar-refractivity contribution in [3.8, 4) is 0 Å². The van der Waals surface area contributed by atoms with Gasteiger partial charge in [0, 0.05) is 13.1 Å². The lowest BCUT2D eigenvalue weighted by molar-refractivity contribution is 0.0787. The highest BCUT2D eigenvalue weighted by atomic mass is 35.5. The molecule has 0 fully saturated rings. The second kappa shape index (κ2) is 5.17. The molecule has 2 nitrogen and oxygen atoms in total. The molecule has 0 aliphatic carbocycles. The van der Waals surface area contributed by atoms with Gasteiger partial charge in [0.1, 0.15) is 0 Å². The normalized spacial score (nSPS) is 9.86. The van der Waals surface area contributed by atoms with E-state index in [4.69, 9.17) is 11.6 Å². The highest BCUT2D eigenvalue weighted by Crippen LogP contribution is 2.22. The maximum atomic E-state index is 11.8. The average molecular weight is 230 g/mol. The summed E-state index contributed by atoms with van der Waals surface area (Å²) in [5.41, 5.74) is 0. The van der Waals surface area contributed by atoms with Crippen LogP contribution in [0, 0.1) is 0 Å². The number of hydrogen-bond acceptors (Lipinski definition) is 2. The summed E-state index contributed by atoms with van der Waals surface area (Å²) in [6.07, 6.45) is 1.72. The summed E-state index contributed by atoms with van der Waals surface area (Å²) in [5.74, 6) is 0.0179. The molecule has 0 N–H and O–H groups in total. The van der Waals surface area contributed by atoms with Crippen LogP contribution in [0.1, 0.15) is 16.6 Å². The van der Waals surface area contributed by atoms with Crippen LogP contribution < -0.4 is 0 Å². The molecule has 0 spiro atoms. The zero-order chi connectivity index (χ0) is 10.6. The summed E-state index contributed by atoms with van der Waals surface area (Å²) in [6, 6.07) is 3.49. The molecule has 76 valence electrons. The van der Waals surface area contributed by atoms with E-state index in [0.29, 0.717) is 22.3 Å². The van der Waals surface area contributed by atoms with E-state index in [2.05, 4.69) is 6.58 Å². The van der Waals surface area contributed by atoms with Gasteiger partial charge in [0.15, 0.2) is 0 Å². The molecule has 0 aliphatic rings. The van der Waals surface area contributed by atoms with E-state index >= 15 is 0 Å². The summed E-state index contributed by atoms with van der Waals surface area (Å²) in [5, 5.41) is 0. The smallest absolute Gasteiger partial charge is 0.264 e. The van der Waals surface area contributed by atoms with Gasteiger partial charge in [0.2, 0.25) is 0 Å². The van der Waals surface area contributed by atoms with Gasteiger partial charge >= 0.3 is 0 Å². The maximum Gasteiger partial charge on any atom is 0.264 e. The van der Waals surface area contributed by atoms with Gasteiger partial charge in [-0.2, -0.15) is 0 Å². The van der Waals surface area contributed by atoms with Gasteiger partial charge in [-0.1, -0.05) is 17.7 Å². The fraction of sp³-hybridized carbons (Fsp3) is 0.300. The topological polar surface area (TPSA) is 20.3 Å². The standard InChI is InChI=1S/C10H12ClNOS/c1-3-7-12(4-2)10(13)8-5-6-9(11)14-8/h3,5-6H,1,4,7H2,2H3. The van der Waals surface area contributed by atoms with Crippen LogP contribution in [-0.2, 0) is 0 Å². The molecule has 1 amide bonds. The van der Waals surface area contributed by atoms with Crippen molar-refractivity contribution in [2.24, 2.45) is 0 Å². The molecule has 4 heteroatoms. The molecule has 14 heavy (non-hydrogen) atoms. The highest BCUT2D eigenvalue weighted by molar-refractivity contribution is 7.17. The first-order chi connectivity index (χ1) is 6.69. The van der Waals surface area contributed by atoms with E-state index < -0.39 is 0 Å². The molecule has 1 aromatic heterocycles. The summed E-state index contributed by atoms with van der Waals surface area (Å²) < 4.78 is 0.642. The van der Waals surface area contributed by atoms with E-state index in [1.54, 1.807) is 23.1 Å². The molecule has 0 radical (unpaired) electrons. The molecule has 0 aliphatic heterocycles. The summed E-state index contributed by atoms with van der Waals surface area (Å²) >= 11 is 7.06. The zero-order valence-electron chi connectivity index (χ0n) is 8.00. The van der Waals surface area contributed by atoms with Crippen LogP contribution in [0.15, 0.2) is 24.8 Å². The van der Waals surface area contributed by atoms with Crippen LogP contribution in [0.5, 0.6) is 0 Å². The maximum absolute atomic E-state index is 11.8. The van der Waals surface area contributed by atoms with Gasteiger partial charge in [-0.3, -0.25) is 4.79 Å². The molecule has 0 saturated carbocycles. The second-order valence-corrected chi connectivity index (χ2v) is 4.45. The zero-order valence-corrected chi connectivity index (χ0v) is 9.57. The number of halogens is 1. The fourth-order valence-electron chi connectivity index (χ4n) is 1.10. The fourth-order valence-corrected chi connectivity index (χ4v) is 2.11. The number of nitrogens with zero attached hydrogens (tertiary/aromatic N) is 1. The third kappa shape index (κ3) is 2.59. The highest BCUT2D eigenvalue weighted by Gasteiger charge is 2.14. The van der Waals surface area contributed by atoms with Crippen molar-refractivity contribution in [3.05, 3.63) is 34.0 Å². The van der Waals surface area contributed by atoms with Crippen LogP contribution in [-0.4, -0.2) is 23.9 Å². The number of amides is 1. The van der Waals surface area contributed by atoms with E-state index in [-0.39, 0.29) is 5.91 Å². The Morgan fingerprint density at radius 3 is 2.86 bits per heavy atom. The molecular weight excluding hydrogens is 218 g/mol. The largest absolute Gasteiger partial charge is 0.335 e. The van der Waals surface area contributed by atoms with Gasteiger partial charge in [-0.25, -0.2) is 0 Å². The molecule has 0 atom stereocenters. The third-order valence-corrected chi connectivity index (χ3v) is 3.02. The molecule has 0 saturated heterocycles. The Morgan fingerprint density at radius 1 is 1.71 bits per heavy atom. The molecule has 1 aromatic rings. The predicted molar refractivity (Wildman–Crippen MR) is 61.1 cm³/mol. The summed E-state index contributed by atoms with van der Waals surface area (Å²) in [4.78, 5) is 14.2. The lowest BCUT2D eigenvalue weighted by Crippen LogP contribution is -2.30. The Morgan fingerprint density at radius 2 is 2.43 bits per heavy atom. The van der Waals surface area contributed by atoms with E-state index in [9.17, 15) is 4.79 Å². The number of hydrogen-bond donors (Lipinski definition) is 0. The first-order valence-corrected chi connectivity index (χ1v) is 5.54. The first kappa shape index (κ1) is 11.3. The Bertz CT molecular complexity index is 335. The van der Waals surface area contributed by atoms with E-state index in [1.165, 1.54) is 11.3 Å². The Hall–Kier alpha value is -0.800. The van der Waals surface area contributed by atoms with E-state index in [0.717, 1.165) is 0 Å². The lowest BCUT2D eigenvalue weighted by atomic mass is 10.4. The van der Waals surface area contributed by atoms with Crippen molar-refractivity contribution in [1.82, 2.24) is 4.90 Å². The molecule has 0 aromatic carbocycles. The third-order valence-electron chi connectivity index (χ3n) is 1.80. The van der Waals surface area contributed by atoms with Crippen LogP contribution in [0.2, 0.25) is 4.34 Å². The van der Waals surface area contributed by atoms with Gasteiger partial charge in [-0.05, 0) is 19.1 Å². The molecule has 1 rings (SSSR count). The van der Waals surface area contributed by atoms with E-state index in [1.807, 2.05) is 6.92 Å². The first-order valence-electron chi connectivity index (χ1n) is 4.34. The quantitative estimate of drug-likeness (QED) is 0.727. The van der Waals surface area contributed by atoms with Gasteiger partial charge in [0.25, 0.3) is 5.91 Å². The molecule has 0 bridgehead atoms. The van der Waals surface area contributed by atoms with Crippen LogP contribution in [0.3, 0.4) is 0 Å². The monoisotopic (exact) mass is 229 g/mol. The van der Waals surface area contributed by atoms with Gasteiger partial charge < -0.3 is 4.90 Å². The Kier molecular flexibility index (Phi) is 4.17. The van der Waals surface area contributed by atoms with Gasteiger partial charge in [0.05, 0.1) is 9.21 Å². The van der Waals surface area contributed by atoms with Crippen molar-refractivity contribution in [2.75, 3.05) is 13.1 Å². The van der Waals surface area contributed by atoms with Crippen molar-refractivity contribution < 1.29 is 4.79 Å². The van der Waals surface area contributed by atoms with Crippen molar-refractivity contribution in [3.63, 3.8) is 0 Å². The number of likely N-dealkylation sites (N-methyl/N-ethyl adjacent to an activating group) is 1. The molecule has 1 heterocycles. The average Bonchev–Trinajstić information content (AvgIpc) is 2.60. The SMILES string of the molecule is C=CCN(CC)C(=O)c1ccc(Cl)s1. The summed E-state index contributed by atoms with van der Waals surface area (Å²) in [6.45, 7) is 6.81. The number of thiophene rings is 1. The molecule has 0 unspecified atom stereocenters. The van der Waals surface area contributed by atoms with Crippen molar-refractivity contribution in [2.45, 2.75) is 6.92 Å². The van der Waals surface area contributed by atoms with Crippen molar-refractivity contribution >= 4 is 28.8 Å². The van der Waals surface area contributed by atoms with Gasteiger partial charge in [-0.15, -0.1) is 17.9 Å². The number of rotatable bonds is 4. The number of carbonyl (C=O) groups excluding carboxylic acids is 1. The van der Waals surface area contributed by atoms with Crippen molar-refractivity contribution in [1.29, 1.82) is 0 Å². The Labute approximate surface area is 92.8 Å². The lowest BCUT2D eigenvalue weighted by Gasteiger charge is -2.17. The van der Waals surface area contributed by atoms with Crippen LogP contribution in [0.25, 0.3) is 0 Å². The van der Waals surface area contributed by atoms with Crippen LogP contribution >= 0.6 is 22.9 Å². The minimum atomic E-state index is 0.0179. The number of carbonyl (C=O) groups is 1. The van der Waals surface area contributed by atoms with Crippen LogP contribution in [0.4, 0.5) is 0 Å². The second-order valence-electron chi connectivity index (χ2n) is 2.74. The minimum Gasteiger partial charge on any atom is -0.335 e. The Balaban J connectivity index is 2.77. The summed E-state index contributed by atoms with van der Waals surface area (Å²) in [7, 11) is 0. The molecular formula is C10H12ClNOS. The predicted octanol–water partition coefficient (Wildman–Crippen LogP) is 3.05. The minimum absolute atomic E-state index is 0.0179.